The van der Waals surface area contributed by atoms with E-state index >= 15 is 0 Å². The van der Waals surface area contributed by atoms with Crippen molar-refractivity contribution >= 4 is 11.8 Å². The molecular weight excluding hydrogens is 192 g/mol. The van der Waals surface area contributed by atoms with Crippen LogP contribution in [0.3, 0.4) is 0 Å². The fraction of sp³-hybridized carbons (Fsp3) is 0.818. The molecule has 0 aromatic rings. The number of likely N-dealkylation sites (tertiary alicyclic amines) is 1. The Morgan fingerprint density at radius 3 is 3.07 bits per heavy atom. The van der Waals surface area contributed by atoms with Crippen LogP contribution in [0.4, 0.5) is 0 Å². The van der Waals surface area contributed by atoms with Crippen molar-refractivity contribution in [1.82, 2.24) is 4.90 Å². The Labute approximate surface area is 91.6 Å². The molecule has 0 radical (unpaired) electrons. The fourth-order valence-electron chi connectivity index (χ4n) is 1.90. The smallest absolute Gasteiger partial charge is 0.0545 e. The Bertz CT molecular complexity index is 200. The molecule has 14 heavy (non-hydrogen) atoms. The van der Waals surface area contributed by atoms with E-state index in [0.29, 0.717) is 12.1 Å². The maximum Gasteiger partial charge on any atom is 0.0545 e. The average Bonchev–Trinajstić information content (AvgIpc) is 2.15. The summed E-state index contributed by atoms with van der Waals surface area (Å²) in [4.78, 5) is 2.52. The lowest BCUT2D eigenvalue weighted by Gasteiger charge is -2.36. The highest BCUT2D eigenvalue weighted by Gasteiger charge is 2.22. The molecule has 0 aromatic carbocycles. The summed E-state index contributed by atoms with van der Waals surface area (Å²) in [5.41, 5.74) is 5.91. The van der Waals surface area contributed by atoms with Crippen LogP contribution in [-0.4, -0.2) is 41.6 Å². The standard InChI is InChI=1S/C11H20N2S/c1-3-7-14-8-6-13-5-4-11(12)9-10(13)2/h1,10-11H,4-9,12H2,2H3. The van der Waals surface area contributed by atoms with Gasteiger partial charge in [-0.25, -0.2) is 0 Å². The normalized spacial score (nSPS) is 28.6. The maximum absolute atomic E-state index is 5.91. The topological polar surface area (TPSA) is 29.3 Å². The summed E-state index contributed by atoms with van der Waals surface area (Å²) in [6.07, 6.45) is 7.47. The van der Waals surface area contributed by atoms with Gasteiger partial charge in [0, 0.05) is 24.4 Å². The second kappa shape index (κ2) is 6.34. The third kappa shape index (κ3) is 3.91. The Kier molecular flexibility index (Phi) is 5.39. The first-order valence-corrected chi connectivity index (χ1v) is 6.40. The van der Waals surface area contributed by atoms with Crippen molar-refractivity contribution < 1.29 is 0 Å². The Balaban J connectivity index is 2.15. The Morgan fingerprint density at radius 2 is 2.43 bits per heavy atom. The van der Waals surface area contributed by atoms with Gasteiger partial charge in [0.1, 0.15) is 0 Å². The molecule has 2 nitrogen and oxygen atoms in total. The molecule has 0 aliphatic carbocycles. The van der Waals surface area contributed by atoms with Crippen LogP contribution in [0, 0.1) is 12.3 Å². The SMILES string of the molecule is C#CCSCCN1CCC(N)CC1C. The van der Waals surface area contributed by atoms with Crippen molar-refractivity contribution in [3.8, 4) is 12.3 Å². The molecule has 1 aliphatic heterocycles. The molecule has 0 amide bonds. The van der Waals surface area contributed by atoms with Gasteiger partial charge < -0.3 is 5.73 Å². The fourth-order valence-corrected chi connectivity index (χ4v) is 2.53. The lowest BCUT2D eigenvalue weighted by molar-refractivity contribution is 0.157. The number of rotatable bonds is 4. The minimum Gasteiger partial charge on any atom is -0.328 e. The highest BCUT2D eigenvalue weighted by Crippen LogP contribution is 2.16. The molecule has 0 bridgehead atoms. The van der Waals surface area contributed by atoms with Gasteiger partial charge in [-0.05, 0) is 26.3 Å². The van der Waals surface area contributed by atoms with Crippen LogP contribution in [0.1, 0.15) is 19.8 Å². The monoisotopic (exact) mass is 212 g/mol. The van der Waals surface area contributed by atoms with Gasteiger partial charge in [-0.3, -0.25) is 4.90 Å². The van der Waals surface area contributed by atoms with Gasteiger partial charge in [-0.2, -0.15) is 0 Å². The van der Waals surface area contributed by atoms with E-state index < -0.39 is 0 Å². The van der Waals surface area contributed by atoms with Crippen molar-refractivity contribution in [1.29, 1.82) is 0 Å². The van der Waals surface area contributed by atoms with E-state index in [1.807, 2.05) is 11.8 Å². The van der Waals surface area contributed by atoms with Crippen LogP contribution in [0.5, 0.6) is 0 Å². The first-order valence-electron chi connectivity index (χ1n) is 5.25. The summed E-state index contributed by atoms with van der Waals surface area (Å²) < 4.78 is 0. The molecular formula is C11H20N2S. The zero-order valence-electron chi connectivity index (χ0n) is 8.91. The summed E-state index contributed by atoms with van der Waals surface area (Å²) >= 11 is 1.84. The molecule has 0 aromatic heterocycles. The summed E-state index contributed by atoms with van der Waals surface area (Å²) in [6.45, 7) is 4.57. The molecule has 1 saturated heterocycles. The van der Waals surface area contributed by atoms with E-state index in [0.717, 1.165) is 37.4 Å². The van der Waals surface area contributed by atoms with Crippen molar-refractivity contribution in [2.24, 2.45) is 5.73 Å². The van der Waals surface area contributed by atoms with Crippen molar-refractivity contribution in [3.05, 3.63) is 0 Å². The number of hydrogen-bond acceptors (Lipinski definition) is 3. The van der Waals surface area contributed by atoms with Crippen molar-refractivity contribution in [2.45, 2.75) is 31.8 Å². The predicted octanol–water partition coefficient (Wildman–Crippen LogP) is 1.16. The van der Waals surface area contributed by atoms with Gasteiger partial charge in [0.2, 0.25) is 0 Å². The quantitative estimate of drug-likeness (QED) is 0.560. The molecule has 1 fully saturated rings. The Hall–Kier alpha value is -0.170. The van der Waals surface area contributed by atoms with Gasteiger partial charge in [0.05, 0.1) is 5.75 Å². The second-order valence-electron chi connectivity index (χ2n) is 3.93. The minimum absolute atomic E-state index is 0.416. The van der Waals surface area contributed by atoms with Crippen LogP contribution in [0.15, 0.2) is 0 Å². The molecule has 0 saturated carbocycles. The van der Waals surface area contributed by atoms with Crippen LogP contribution in [-0.2, 0) is 0 Å². The summed E-state index contributed by atoms with van der Waals surface area (Å²) in [6, 6.07) is 1.06. The molecule has 1 heterocycles. The van der Waals surface area contributed by atoms with Gasteiger partial charge in [0.25, 0.3) is 0 Å². The minimum atomic E-state index is 0.416. The summed E-state index contributed by atoms with van der Waals surface area (Å²) in [7, 11) is 0. The first kappa shape index (κ1) is 11.9. The number of thioether (sulfide) groups is 1. The molecule has 0 spiro atoms. The average molecular weight is 212 g/mol. The number of nitrogens with two attached hydrogens (primary N) is 1. The molecule has 1 aliphatic rings. The predicted molar refractivity (Wildman–Crippen MR) is 64.4 cm³/mol. The molecule has 1 rings (SSSR count). The molecule has 2 unspecified atom stereocenters. The lowest BCUT2D eigenvalue weighted by Crippen LogP contribution is -2.46. The number of piperidine rings is 1. The molecule has 2 atom stereocenters. The molecule has 3 heteroatoms. The number of nitrogens with zero attached hydrogens (tertiary/aromatic N) is 1. The molecule has 2 N–H and O–H groups in total. The largest absolute Gasteiger partial charge is 0.328 e. The van der Waals surface area contributed by atoms with E-state index in [1.54, 1.807) is 0 Å². The van der Waals surface area contributed by atoms with Crippen LogP contribution >= 0.6 is 11.8 Å². The van der Waals surface area contributed by atoms with E-state index in [9.17, 15) is 0 Å². The second-order valence-corrected chi connectivity index (χ2v) is 5.03. The lowest BCUT2D eigenvalue weighted by atomic mass is 9.99. The van der Waals surface area contributed by atoms with E-state index in [1.165, 1.54) is 0 Å². The number of hydrogen-bond donors (Lipinski definition) is 1. The van der Waals surface area contributed by atoms with Crippen molar-refractivity contribution in [3.63, 3.8) is 0 Å². The van der Waals surface area contributed by atoms with Crippen LogP contribution < -0.4 is 5.73 Å². The zero-order valence-corrected chi connectivity index (χ0v) is 9.72. The third-order valence-electron chi connectivity index (χ3n) is 2.76. The van der Waals surface area contributed by atoms with Crippen molar-refractivity contribution in [2.75, 3.05) is 24.6 Å². The van der Waals surface area contributed by atoms with E-state index in [4.69, 9.17) is 12.2 Å². The molecule has 80 valence electrons. The zero-order chi connectivity index (χ0) is 10.4. The van der Waals surface area contributed by atoms with Crippen LogP contribution in [0.25, 0.3) is 0 Å². The van der Waals surface area contributed by atoms with Gasteiger partial charge in [0.15, 0.2) is 0 Å². The number of terminal acetylenes is 1. The van der Waals surface area contributed by atoms with Gasteiger partial charge in [-0.1, -0.05) is 5.92 Å². The van der Waals surface area contributed by atoms with Gasteiger partial charge >= 0.3 is 0 Å². The maximum atomic E-state index is 5.91. The highest BCUT2D eigenvalue weighted by atomic mass is 32.2. The third-order valence-corrected chi connectivity index (χ3v) is 3.60. The van der Waals surface area contributed by atoms with Gasteiger partial charge in [-0.15, -0.1) is 18.2 Å². The summed E-state index contributed by atoms with van der Waals surface area (Å²) in [5, 5.41) is 0. The van der Waals surface area contributed by atoms with E-state index in [-0.39, 0.29) is 0 Å². The highest BCUT2D eigenvalue weighted by molar-refractivity contribution is 7.99. The summed E-state index contributed by atoms with van der Waals surface area (Å²) in [5.74, 6) is 4.63. The first-order chi connectivity index (χ1) is 6.74. The Morgan fingerprint density at radius 1 is 1.64 bits per heavy atom. The van der Waals surface area contributed by atoms with Crippen LogP contribution in [0.2, 0.25) is 0 Å². The van der Waals surface area contributed by atoms with E-state index in [2.05, 4.69) is 17.7 Å².